The third-order valence-electron chi connectivity index (χ3n) is 3.56. The Labute approximate surface area is 138 Å². The van der Waals surface area contributed by atoms with E-state index < -0.39 is 17.9 Å². The van der Waals surface area contributed by atoms with Crippen molar-refractivity contribution in [3.8, 4) is 5.69 Å². The highest BCUT2D eigenvalue weighted by Crippen LogP contribution is 2.14. The zero-order chi connectivity index (χ0) is 16.9. The Balaban J connectivity index is 1.79. The molecule has 3 rings (SSSR count). The van der Waals surface area contributed by atoms with Gasteiger partial charge >= 0.3 is 0 Å². The van der Waals surface area contributed by atoms with E-state index in [1.807, 2.05) is 36.4 Å². The largest absolute Gasteiger partial charge is 0.368 e. The third kappa shape index (κ3) is 3.33. The number of carbonyl (C=O) groups is 2. The van der Waals surface area contributed by atoms with Gasteiger partial charge in [-0.3, -0.25) is 9.59 Å². The summed E-state index contributed by atoms with van der Waals surface area (Å²) in [5, 5.41) is 6.82. The van der Waals surface area contributed by atoms with Crippen LogP contribution in [0.2, 0.25) is 0 Å². The van der Waals surface area contributed by atoms with E-state index in [2.05, 4.69) is 10.4 Å². The van der Waals surface area contributed by atoms with Crippen molar-refractivity contribution in [2.45, 2.75) is 6.04 Å². The number of amides is 2. The molecule has 0 aliphatic carbocycles. The number of carbonyl (C=O) groups excluding carboxylic acids is 2. The molecule has 0 aliphatic heterocycles. The topological polar surface area (TPSA) is 90.0 Å². The van der Waals surface area contributed by atoms with Crippen molar-refractivity contribution in [1.82, 2.24) is 15.1 Å². The molecule has 1 heterocycles. The summed E-state index contributed by atoms with van der Waals surface area (Å²) in [5.74, 6) is -1.03. The smallest absolute Gasteiger partial charge is 0.255 e. The first-order valence-corrected chi connectivity index (χ1v) is 7.40. The lowest BCUT2D eigenvalue weighted by Gasteiger charge is -2.15. The van der Waals surface area contributed by atoms with Gasteiger partial charge in [-0.1, -0.05) is 48.5 Å². The van der Waals surface area contributed by atoms with Gasteiger partial charge in [0.05, 0.1) is 17.4 Å². The fourth-order valence-corrected chi connectivity index (χ4v) is 2.34. The number of rotatable bonds is 5. The second kappa shape index (κ2) is 6.78. The van der Waals surface area contributed by atoms with Crippen molar-refractivity contribution < 1.29 is 9.59 Å². The van der Waals surface area contributed by atoms with Crippen LogP contribution in [0.5, 0.6) is 0 Å². The Morgan fingerprint density at radius 3 is 2.25 bits per heavy atom. The second-order valence-electron chi connectivity index (χ2n) is 5.23. The van der Waals surface area contributed by atoms with E-state index in [1.54, 1.807) is 35.1 Å². The van der Waals surface area contributed by atoms with Crippen LogP contribution in [0.3, 0.4) is 0 Å². The lowest BCUT2D eigenvalue weighted by molar-refractivity contribution is -0.120. The molecular formula is C18H16N4O2. The summed E-state index contributed by atoms with van der Waals surface area (Å²) in [6, 6.07) is 17.4. The highest BCUT2D eigenvalue weighted by atomic mass is 16.2. The minimum absolute atomic E-state index is 0.348. The summed E-state index contributed by atoms with van der Waals surface area (Å²) in [4.78, 5) is 24.1. The first-order valence-electron chi connectivity index (χ1n) is 7.40. The SMILES string of the molecule is NC(=O)[C@H](NC(=O)c1cnn(-c2ccccc2)c1)c1ccccc1. The molecule has 6 nitrogen and oxygen atoms in total. The van der Waals surface area contributed by atoms with Crippen LogP contribution in [0, 0.1) is 0 Å². The number of hydrogen-bond donors (Lipinski definition) is 2. The second-order valence-corrected chi connectivity index (χ2v) is 5.23. The molecule has 0 spiro atoms. The molecule has 24 heavy (non-hydrogen) atoms. The summed E-state index contributed by atoms with van der Waals surface area (Å²) in [6.45, 7) is 0. The molecule has 0 saturated carbocycles. The molecule has 3 aromatic rings. The zero-order valence-corrected chi connectivity index (χ0v) is 12.8. The molecule has 1 aromatic heterocycles. The Kier molecular flexibility index (Phi) is 4.38. The van der Waals surface area contributed by atoms with Gasteiger partial charge < -0.3 is 11.1 Å². The monoisotopic (exact) mass is 320 g/mol. The minimum atomic E-state index is -0.890. The van der Waals surface area contributed by atoms with Crippen molar-refractivity contribution in [2.75, 3.05) is 0 Å². The molecule has 0 bridgehead atoms. The van der Waals surface area contributed by atoms with E-state index in [4.69, 9.17) is 5.73 Å². The summed E-state index contributed by atoms with van der Waals surface area (Å²) in [5.41, 5.74) is 7.24. The van der Waals surface area contributed by atoms with E-state index in [0.717, 1.165) is 5.69 Å². The minimum Gasteiger partial charge on any atom is -0.368 e. The Bertz CT molecular complexity index is 844. The molecule has 0 aliphatic rings. The Morgan fingerprint density at radius 2 is 1.62 bits per heavy atom. The highest BCUT2D eigenvalue weighted by Gasteiger charge is 2.21. The number of nitrogens with one attached hydrogen (secondary N) is 1. The maximum atomic E-state index is 12.4. The van der Waals surface area contributed by atoms with Gasteiger partial charge in [0.15, 0.2) is 0 Å². The molecule has 120 valence electrons. The number of benzene rings is 2. The average Bonchev–Trinajstić information content (AvgIpc) is 3.11. The Hall–Kier alpha value is -3.41. The van der Waals surface area contributed by atoms with E-state index in [0.29, 0.717) is 11.1 Å². The molecule has 0 fully saturated rings. The third-order valence-corrected chi connectivity index (χ3v) is 3.56. The number of primary amides is 1. The van der Waals surface area contributed by atoms with Crippen molar-refractivity contribution in [2.24, 2.45) is 5.73 Å². The molecule has 2 amide bonds. The summed E-state index contributed by atoms with van der Waals surface area (Å²) in [7, 11) is 0. The number of aromatic nitrogens is 2. The van der Waals surface area contributed by atoms with Crippen LogP contribution in [0.25, 0.3) is 5.69 Å². The van der Waals surface area contributed by atoms with Gasteiger partial charge in [0.1, 0.15) is 6.04 Å². The van der Waals surface area contributed by atoms with E-state index in [1.165, 1.54) is 6.20 Å². The summed E-state index contributed by atoms with van der Waals surface area (Å²) >= 11 is 0. The number of hydrogen-bond acceptors (Lipinski definition) is 3. The predicted octanol–water partition coefficient (Wildman–Crippen LogP) is 1.83. The van der Waals surface area contributed by atoms with Crippen LogP contribution in [0.1, 0.15) is 22.0 Å². The van der Waals surface area contributed by atoms with Gasteiger partial charge in [0.2, 0.25) is 5.91 Å². The quantitative estimate of drug-likeness (QED) is 0.751. The van der Waals surface area contributed by atoms with Gasteiger partial charge in [-0.25, -0.2) is 4.68 Å². The van der Waals surface area contributed by atoms with E-state index in [9.17, 15) is 9.59 Å². The zero-order valence-electron chi connectivity index (χ0n) is 12.8. The van der Waals surface area contributed by atoms with Gasteiger partial charge in [0, 0.05) is 6.20 Å². The van der Waals surface area contributed by atoms with Gasteiger partial charge in [0.25, 0.3) is 5.91 Å². The lowest BCUT2D eigenvalue weighted by Crippen LogP contribution is -2.37. The standard InChI is InChI=1S/C18H16N4O2/c19-17(23)16(13-7-3-1-4-8-13)21-18(24)14-11-20-22(12-14)15-9-5-2-6-10-15/h1-12,16H,(H2,19,23)(H,21,24)/t16-/m1/s1. The molecule has 3 N–H and O–H groups in total. The van der Waals surface area contributed by atoms with Gasteiger partial charge in [-0.15, -0.1) is 0 Å². The van der Waals surface area contributed by atoms with Gasteiger partial charge in [-0.2, -0.15) is 5.10 Å². The maximum absolute atomic E-state index is 12.4. The normalized spacial score (nSPS) is 11.7. The lowest BCUT2D eigenvalue weighted by atomic mass is 10.1. The first-order chi connectivity index (χ1) is 11.6. The van der Waals surface area contributed by atoms with Crippen molar-refractivity contribution in [3.63, 3.8) is 0 Å². The van der Waals surface area contributed by atoms with Crippen molar-refractivity contribution in [1.29, 1.82) is 0 Å². The van der Waals surface area contributed by atoms with Crippen LogP contribution >= 0.6 is 0 Å². The summed E-state index contributed by atoms with van der Waals surface area (Å²) in [6.07, 6.45) is 3.05. The highest BCUT2D eigenvalue weighted by molar-refractivity contribution is 5.97. The molecule has 0 unspecified atom stereocenters. The maximum Gasteiger partial charge on any atom is 0.255 e. The van der Waals surface area contributed by atoms with E-state index in [-0.39, 0.29) is 0 Å². The fraction of sp³-hybridized carbons (Fsp3) is 0.0556. The fourth-order valence-electron chi connectivity index (χ4n) is 2.34. The van der Waals surface area contributed by atoms with Crippen molar-refractivity contribution in [3.05, 3.63) is 84.2 Å². The number of nitrogens with zero attached hydrogens (tertiary/aromatic N) is 2. The van der Waals surface area contributed by atoms with E-state index >= 15 is 0 Å². The van der Waals surface area contributed by atoms with Crippen LogP contribution in [0.15, 0.2) is 73.1 Å². The molecule has 0 saturated heterocycles. The molecule has 1 atom stereocenters. The van der Waals surface area contributed by atoms with Gasteiger partial charge in [-0.05, 0) is 17.7 Å². The molecule has 2 aromatic carbocycles. The van der Waals surface area contributed by atoms with Crippen LogP contribution in [0.4, 0.5) is 0 Å². The van der Waals surface area contributed by atoms with Crippen LogP contribution < -0.4 is 11.1 Å². The molecule has 0 radical (unpaired) electrons. The van der Waals surface area contributed by atoms with Crippen LogP contribution in [-0.2, 0) is 4.79 Å². The number of nitrogens with two attached hydrogens (primary N) is 1. The average molecular weight is 320 g/mol. The first kappa shape index (κ1) is 15.5. The predicted molar refractivity (Wildman–Crippen MR) is 89.4 cm³/mol. The van der Waals surface area contributed by atoms with Crippen LogP contribution in [-0.4, -0.2) is 21.6 Å². The molecular weight excluding hydrogens is 304 g/mol. The van der Waals surface area contributed by atoms with Crippen molar-refractivity contribution >= 4 is 11.8 Å². The Morgan fingerprint density at radius 1 is 1.00 bits per heavy atom. The summed E-state index contributed by atoms with van der Waals surface area (Å²) < 4.78 is 1.59. The number of para-hydroxylation sites is 1. The molecule has 6 heteroatoms.